The van der Waals surface area contributed by atoms with Crippen LogP contribution >= 0.6 is 11.6 Å². The Hall–Kier alpha value is -3.02. The first-order valence-electron chi connectivity index (χ1n) is 6.68. The Morgan fingerprint density at radius 2 is 2.13 bits per heavy atom. The third-order valence-corrected chi connectivity index (χ3v) is 3.03. The second-order valence-electron chi connectivity index (χ2n) is 4.39. The highest BCUT2D eigenvalue weighted by atomic mass is 35.5. The van der Waals surface area contributed by atoms with Gasteiger partial charge < -0.3 is 10.1 Å². The molecule has 0 saturated heterocycles. The Kier molecular flexibility index (Phi) is 5.99. The lowest BCUT2D eigenvalue weighted by Crippen LogP contribution is -2.24. The Morgan fingerprint density at radius 3 is 2.87 bits per heavy atom. The van der Waals surface area contributed by atoms with Crippen molar-refractivity contribution >= 4 is 17.7 Å². The van der Waals surface area contributed by atoms with Crippen LogP contribution < -0.4 is 5.32 Å². The van der Waals surface area contributed by atoms with Gasteiger partial charge in [0.1, 0.15) is 17.8 Å². The predicted octanol–water partition coefficient (Wildman–Crippen LogP) is 2.88. The summed E-state index contributed by atoms with van der Waals surface area (Å²) in [5.41, 5.74) is 1.71. The van der Waals surface area contributed by atoms with Gasteiger partial charge in [-0.3, -0.25) is 0 Å². The third-order valence-electron chi connectivity index (χ3n) is 2.73. The fourth-order valence-electron chi connectivity index (χ4n) is 1.63. The zero-order valence-corrected chi connectivity index (χ0v) is 12.8. The normalized spacial score (nSPS) is 9.22. The van der Waals surface area contributed by atoms with E-state index in [1.807, 2.05) is 36.4 Å². The molecule has 2 aromatic rings. The fraction of sp³-hybridized carbons (Fsp3) is 0.118. The molecule has 0 atom stereocenters. The fourth-order valence-corrected chi connectivity index (χ4v) is 1.78. The number of rotatable bonds is 3. The molecule has 0 saturated carbocycles. The molecule has 0 bridgehead atoms. The molecule has 0 radical (unpaired) electrons. The maximum absolute atomic E-state index is 11.5. The van der Waals surface area contributed by atoms with E-state index in [1.165, 1.54) is 12.3 Å². The first-order chi connectivity index (χ1) is 11.2. The molecule has 0 aliphatic rings. The van der Waals surface area contributed by atoms with Crippen molar-refractivity contribution in [2.75, 3.05) is 6.54 Å². The van der Waals surface area contributed by atoms with E-state index in [0.29, 0.717) is 5.56 Å². The lowest BCUT2D eigenvalue weighted by molar-refractivity contribution is 0.141. The van der Waals surface area contributed by atoms with Crippen molar-refractivity contribution in [3.05, 3.63) is 64.4 Å². The SMILES string of the molecule is N#Cc1cc(C#CCNC(=O)OCc2ccccc2)cnc1Cl. The molecule has 1 heterocycles. The van der Waals surface area contributed by atoms with Gasteiger partial charge in [-0.25, -0.2) is 9.78 Å². The molecule has 0 fully saturated rings. The van der Waals surface area contributed by atoms with Crippen molar-refractivity contribution in [2.24, 2.45) is 0 Å². The maximum atomic E-state index is 11.5. The highest BCUT2D eigenvalue weighted by Gasteiger charge is 2.01. The number of carbonyl (C=O) groups excluding carboxylic acids is 1. The number of ether oxygens (including phenoxy) is 1. The number of aromatic nitrogens is 1. The summed E-state index contributed by atoms with van der Waals surface area (Å²) in [7, 11) is 0. The van der Waals surface area contributed by atoms with Crippen LogP contribution in [0.15, 0.2) is 42.6 Å². The van der Waals surface area contributed by atoms with Crippen LogP contribution in [0.3, 0.4) is 0 Å². The molecule has 6 heteroatoms. The zero-order chi connectivity index (χ0) is 16.5. The Morgan fingerprint density at radius 1 is 1.35 bits per heavy atom. The Bertz CT molecular complexity index is 789. The van der Waals surface area contributed by atoms with Gasteiger partial charge in [0.15, 0.2) is 0 Å². The summed E-state index contributed by atoms with van der Waals surface area (Å²) in [6.45, 7) is 0.324. The van der Waals surface area contributed by atoms with Crippen LogP contribution in [0.2, 0.25) is 5.15 Å². The minimum absolute atomic E-state index is 0.123. The topological polar surface area (TPSA) is 75.0 Å². The largest absolute Gasteiger partial charge is 0.445 e. The van der Waals surface area contributed by atoms with Crippen LogP contribution in [0.5, 0.6) is 0 Å². The first-order valence-corrected chi connectivity index (χ1v) is 7.06. The highest BCUT2D eigenvalue weighted by Crippen LogP contribution is 2.12. The van der Waals surface area contributed by atoms with E-state index < -0.39 is 6.09 Å². The number of amides is 1. The molecule has 1 aromatic carbocycles. The van der Waals surface area contributed by atoms with Crippen molar-refractivity contribution in [1.82, 2.24) is 10.3 Å². The van der Waals surface area contributed by atoms with Gasteiger partial charge in [0.05, 0.1) is 12.1 Å². The van der Waals surface area contributed by atoms with Gasteiger partial charge in [0, 0.05) is 11.8 Å². The zero-order valence-electron chi connectivity index (χ0n) is 12.0. The highest BCUT2D eigenvalue weighted by molar-refractivity contribution is 6.30. The van der Waals surface area contributed by atoms with Gasteiger partial charge >= 0.3 is 6.09 Å². The van der Waals surface area contributed by atoms with Crippen molar-refractivity contribution in [3.8, 4) is 17.9 Å². The standard InChI is InChI=1S/C17H12ClN3O2/c18-16-15(10-19)9-14(11-21-16)7-4-8-20-17(22)23-12-13-5-2-1-3-6-13/h1-3,5-6,9,11H,8,12H2,(H,20,22). The molecule has 1 amide bonds. The van der Waals surface area contributed by atoms with E-state index in [-0.39, 0.29) is 23.9 Å². The number of benzene rings is 1. The number of hydrogen-bond donors (Lipinski definition) is 1. The second kappa shape index (κ2) is 8.43. The van der Waals surface area contributed by atoms with Gasteiger partial charge in [-0.15, -0.1) is 0 Å². The number of pyridine rings is 1. The lowest BCUT2D eigenvalue weighted by atomic mass is 10.2. The van der Waals surface area contributed by atoms with Gasteiger partial charge in [-0.2, -0.15) is 5.26 Å². The van der Waals surface area contributed by atoms with Crippen LogP contribution in [-0.2, 0) is 11.3 Å². The van der Waals surface area contributed by atoms with Crippen molar-refractivity contribution in [3.63, 3.8) is 0 Å². The molecule has 1 aromatic heterocycles. The number of nitrogens with one attached hydrogen (secondary N) is 1. The van der Waals surface area contributed by atoms with Crippen LogP contribution in [0.25, 0.3) is 0 Å². The van der Waals surface area contributed by atoms with Crippen molar-refractivity contribution in [1.29, 1.82) is 5.26 Å². The van der Waals surface area contributed by atoms with E-state index in [0.717, 1.165) is 5.56 Å². The van der Waals surface area contributed by atoms with Crippen LogP contribution in [0.1, 0.15) is 16.7 Å². The summed E-state index contributed by atoms with van der Waals surface area (Å²) >= 11 is 5.73. The smallest absolute Gasteiger partial charge is 0.408 e. The predicted molar refractivity (Wildman–Crippen MR) is 85.5 cm³/mol. The van der Waals surface area contributed by atoms with Crippen LogP contribution in [0, 0.1) is 23.2 Å². The van der Waals surface area contributed by atoms with E-state index in [2.05, 4.69) is 22.1 Å². The monoisotopic (exact) mass is 325 g/mol. The number of hydrogen-bond acceptors (Lipinski definition) is 4. The van der Waals surface area contributed by atoms with E-state index in [4.69, 9.17) is 21.6 Å². The minimum Gasteiger partial charge on any atom is -0.445 e. The quantitative estimate of drug-likeness (QED) is 0.695. The van der Waals surface area contributed by atoms with Crippen molar-refractivity contribution in [2.45, 2.75) is 6.61 Å². The Labute approximate surface area is 138 Å². The molecule has 5 nitrogen and oxygen atoms in total. The van der Waals surface area contributed by atoms with Gasteiger partial charge in [0.2, 0.25) is 0 Å². The average Bonchev–Trinajstić information content (AvgIpc) is 2.59. The molecular weight excluding hydrogens is 314 g/mol. The summed E-state index contributed by atoms with van der Waals surface area (Å²) in [5.74, 6) is 5.53. The molecule has 114 valence electrons. The van der Waals surface area contributed by atoms with Crippen LogP contribution in [0.4, 0.5) is 4.79 Å². The molecule has 23 heavy (non-hydrogen) atoms. The number of carbonyl (C=O) groups is 1. The third kappa shape index (κ3) is 5.35. The molecule has 0 aliphatic heterocycles. The summed E-state index contributed by atoms with van der Waals surface area (Å²) in [6, 6.07) is 12.8. The molecule has 0 aliphatic carbocycles. The van der Waals surface area contributed by atoms with E-state index in [9.17, 15) is 4.79 Å². The second-order valence-corrected chi connectivity index (χ2v) is 4.75. The van der Waals surface area contributed by atoms with E-state index >= 15 is 0 Å². The van der Waals surface area contributed by atoms with Crippen molar-refractivity contribution < 1.29 is 9.53 Å². The van der Waals surface area contributed by atoms with Crippen LogP contribution in [-0.4, -0.2) is 17.6 Å². The van der Waals surface area contributed by atoms with Gasteiger partial charge in [0.25, 0.3) is 0 Å². The molecular formula is C17H12ClN3O2. The van der Waals surface area contributed by atoms with E-state index in [1.54, 1.807) is 0 Å². The molecule has 0 unspecified atom stereocenters. The maximum Gasteiger partial charge on any atom is 0.408 e. The summed E-state index contributed by atoms with van der Waals surface area (Å²) in [6.07, 6.45) is 0.916. The number of halogens is 1. The summed E-state index contributed by atoms with van der Waals surface area (Å²) in [5, 5.41) is 11.5. The average molecular weight is 326 g/mol. The number of nitriles is 1. The lowest BCUT2D eigenvalue weighted by Gasteiger charge is -2.04. The molecule has 0 spiro atoms. The van der Waals surface area contributed by atoms with Gasteiger partial charge in [-0.1, -0.05) is 53.8 Å². The number of nitrogens with zero attached hydrogens (tertiary/aromatic N) is 2. The first kappa shape index (κ1) is 16.4. The number of alkyl carbamates (subject to hydrolysis) is 1. The molecule has 2 rings (SSSR count). The minimum atomic E-state index is -0.546. The summed E-state index contributed by atoms with van der Waals surface area (Å²) in [4.78, 5) is 15.4. The molecule has 1 N–H and O–H groups in total. The Balaban J connectivity index is 1.79. The van der Waals surface area contributed by atoms with Gasteiger partial charge in [-0.05, 0) is 11.6 Å². The summed E-state index contributed by atoms with van der Waals surface area (Å²) < 4.78 is 5.04.